The molecule has 1 saturated carbocycles. The first-order valence-corrected chi connectivity index (χ1v) is 6.35. The third-order valence-electron chi connectivity index (χ3n) is 4.09. The Kier molecular flexibility index (Phi) is 2.49. The van der Waals surface area contributed by atoms with Crippen molar-refractivity contribution in [3.05, 3.63) is 22.2 Å². The van der Waals surface area contributed by atoms with Crippen LogP contribution in [0, 0.1) is 6.92 Å². The normalized spacial score (nSPS) is 20.2. The molecule has 3 rings (SSSR count). The number of ether oxygens (including phenoxy) is 2. The second-order valence-corrected chi connectivity index (χ2v) is 5.34. The molecule has 2 N–H and O–H groups in total. The molecule has 1 aliphatic heterocycles. The Labute approximate surface area is 106 Å². The monoisotopic (exact) mass is 253 g/mol. The number of halogens is 1. The molecule has 0 aromatic heterocycles. The van der Waals surface area contributed by atoms with Gasteiger partial charge in [-0.15, -0.1) is 0 Å². The predicted molar refractivity (Wildman–Crippen MR) is 66.9 cm³/mol. The first kappa shape index (κ1) is 11.2. The lowest BCUT2D eigenvalue weighted by Crippen LogP contribution is -2.42. The van der Waals surface area contributed by atoms with Crippen LogP contribution in [-0.4, -0.2) is 13.3 Å². The molecule has 0 unspecified atom stereocenters. The lowest BCUT2D eigenvalue weighted by molar-refractivity contribution is 0.173. The standard InChI is InChI=1S/C13H16ClNO2/c1-8-11(13(6-15)3-2-4-13)9(14)5-10-12(8)17-7-16-10/h5H,2-4,6-7,15H2,1H3. The van der Waals surface area contributed by atoms with E-state index in [2.05, 4.69) is 0 Å². The minimum atomic E-state index is 0.0577. The maximum Gasteiger partial charge on any atom is 0.231 e. The van der Waals surface area contributed by atoms with E-state index in [0.717, 1.165) is 40.5 Å². The van der Waals surface area contributed by atoms with Gasteiger partial charge in [0.1, 0.15) is 0 Å². The van der Waals surface area contributed by atoms with E-state index < -0.39 is 0 Å². The highest BCUT2D eigenvalue weighted by molar-refractivity contribution is 6.31. The van der Waals surface area contributed by atoms with Crippen molar-refractivity contribution >= 4 is 11.6 Å². The molecular weight excluding hydrogens is 238 g/mol. The van der Waals surface area contributed by atoms with E-state index in [9.17, 15) is 0 Å². The van der Waals surface area contributed by atoms with Crippen LogP contribution in [0.2, 0.25) is 5.02 Å². The summed E-state index contributed by atoms with van der Waals surface area (Å²) in [6, 6.07) is 1.86. The molecule has 92 valence electrons. The quantitative estimate of drug-likeness (QED) is 0.882. The third-order valence-corrected chi connectivity index (χ3v) is 4.38. The molecule has 1 aliphatic carbocycles. The van der Waals surface area contributed by atoms with E-state index in [1.54, 1.807) is 0 Å². The summed E-state index contributed by atoms with van der Waals surface area (Å²) in [5.74, 6) is 1.59. The summed E-state index contributed by atoms with van der Waals surface area (Å²) >= 11 is 6.40. The van der Waals surface area contributed by atoms with Gasteiger partial charge in [-0.2, -0.15) is 0 Å². The van der Waals surface area contributed by atoms with Gasteiger partial charge < -0.3 is 15.2 Å². The summed E-state index contributed by atoms with van der Waals surface area (Å²) in [5.41, 5.74) is 8.27. The fourth-order valence-corrected chi connectivity index (χ4v) is 3.42. The molecule has 0 spiro atoms. The molecule has 0 radical (unpaired) electrons. The molecule has 4 heteroatoms. The van der Waals surface area contributed by atoms with Crippen LogP contribution in [0.3, 0.4) is 0 Å². The highest BCUT2D eigenvalue weighted by atomic mass is 35.5. The van der Waals surface area contributed by atoms with Crippen molar-refractivity contribution in [1.29, 1.82) is 0 Å². The van der Waals surface area contributed by atoms with Gasteiger partial charge in [0.05, 0.1) is 0 Å². The number of hydrogen-bond donors (Lipinski definition) is 1. The topological polar surface area (TPSA) is 44.5 Å². The van der Waals surface area contributed by atoms with Gasteiger partial charge in [-0.3, -0.25) is 0 Å². The van der Waals surface area contributed by atoms with Crippen LogP contribution in [0.5, 0.6) is 11.5 Å². The van der Waals surface area contributed by atoms with Crippen LogP contribution in [0.1, 0.15) is 30.4 Å². The van der Waals surface area contributed by atoms with Crippen LogP contribution < -0.4 is 15.2 Å². The van der Waals surface area contributed by atoms with Crippen molar-refractivity contribution in [1.82, 2.24) is 0 Å². The van der Waals surface area contributed by atoms with Gasteiger partial charge in [0.25, 0.3) is 0 Å². The lowest BCUT2D eigenvalue weighted by atomic mass is 9.63. The van der Waals surface area contributed by atoms with Crippen molar-refractivity contribution in [2.45, 2.75) is 31.6 Å². The number of benzene rings is 1. The largest absolute Gasteiger partial charge is 0.454 e. The summed E-state index contributed by atoms with van der Waals surface area (Å²) in [5, 5.41) is 0.761. The van der Waals surface area contributed by atoms with Gasteiger partial charge in [0.2, 0.25) is 6.79 Å². The summed E-state index contributed by atoms with van der Waals surface area (Å²) < 4.78 is 10.9. The van der Waals surface area contributed by atoms with Crippen LogP contribution in [0.4, 0.5) is 0 Å². The van der Waals surface area contributed by atoms with Gasteiger partial charge in [-0.25, -0.2) is 0 Å². The number of rotatable bonds is 2. The minimum absolute atomic E-state index is 0.0577. The van der Waals surface area contributed by atoms with Crippen molar-refractivity contribution in [2.24, 2.45) is 5.73 Å². The summed E-state index contributed by atoms with van der Waals surface area (Å²) in [7, 11) is 0. The second kappa shape index (κ2) is 3.79. The van der Waals surface area contributed by atoms with Crippen LogP contribution in [0.15, 0.2) is 6.07 Å². The SMILES string of the molecule is Cc1c2c(cc(Cl)c1C1(CN)CCC1)OCO2. The van der Waals surface area contributed by atoms with Gasteiger partial charge >= 0.3 is 0 Å². The van der Waals surface area contributed by atoms with Crippen LogP contribution >= 0.6 is 11.6 Å². The van der Waals surface area contributed by atoms with Crippen molar-refractivity contribution < 1.29 is 9.47 Å². The molecule has 1 aromatic carbocycles. The maximum absolute atomic E-state index is 6.40. The predicted octanol–water partition coefficient (Wildman–Crippen LogP) is 2.76. The maximum atomic E-state index is 6.40. The first-order valence-electron chi connectivity index (χ1n) is 5.97. The van der Waals surface area contributed by atoms with Gasteiger partial charge in [0, 0.05) is 28.6 Å². The Morgan fingerprint density at radius 3 is 2.76 bits per heavy atom. The fourth-order valence-electron chi connectivity index (χ4n) is 2.98. The van der Waals surface area contributed by atoms with E-state index in [0.29, 0.717) is 6.54 Å². The highest BCUT2D eigenvalue weighted by Gasteiger charge is 2.41. The minimum Gasteiger partial charge on any atom is -0.454 e. The first-order chi connectivity index (χ1) is 8.18. The molecule has 1 heterocycles. The Balaban J connectivity index is 2.17. The highest BCUT2D eigenvalue weighted by Crippen LogP contribution is 2.51. The van der Waals surface area contributed by atoms with Crippen molar-refractivity contribution in [3.8, 4) is 11.5 Å². The molecule has 0 saturated heterocycles. The zero-order valence-electron chi connectivity index (χ0n) is 9.88. The molecule has 0 amide bonds. The molecule has 0 atom stereocenters. The van der Waals surface area contributed by atoms with E-state index in [1.807, 2.05) is 13.0 Å². The molecular formula is C13H16ClNO2. The summed E-state index contributed by atoms with van der Waals surface area (Å²) in [4.78, 5) is 0. The van der Waals surface area contributed by atoms with E-state index in [4.69, 9.17) is 26.8 Å². The summed E-state index contributed by atoms with van der Waals surface area (Å²) in [6.07, 6.45) is 3.45. The molecule has 0 bridgehead atoms. The molecule has 1 aromatic rings. The Bertz CT molecular complexity index is 463. The van der Waals surface area contributed by atoms with E-state index >= 15 is 0 Å². The van der Waals surface area contributed by atoms with Crippen LogP contribution in [0.25, 0.3) is 0 Å². The smallest absolute Gasteiger partial charge is 0.231 e. The van der Waals surface area contributed by atoms with E-state index in [-0.39, 0.29) is 12.2 Å². The molecule has 17 heavy (non-hydrogen) atoms. The number of hydrogen-bond acceptors (Lipinski definition) is 3. The average Bonchev–Trinajstić information content (AvgIpc) is 2.69. The van der Waals surface area contributed by atoms with Gasteiger partial charge in [-0.1, -0.05) is 18.0 Å². The molecule has 3 nitrogen and oxygen atoms in total. The van der Waals surface area contributed by atoms with Crippen molar-refractivity contribution in [2.75, 3.05) is 13.3 Å². The van der Waals surface area contributed by atoms with E-state index in [1.165, 1.54) is 6.42 Å². The number of nitrogens with two attached hydrogens (primary N) is 1. The summed E-state index contributed by atoms with van der Waals surface area (Å²) in [6.45, 7) is 2.98. The Morgan fingerprint density at radius 1 is 1.41 bits per heavy atom. The molecule has 1 fully saturated rings. The third kappa shape index (κ3) is 1.45. The zero-order chi connectivity index (χ0) is 12.0. The van der Waals surface area contributed by atoms with Crippen molar-refractivity contribution in [3.63, 3.8) is 0 Å². The Hall–Kier alpha value is -0.930. The average molecular weight is 254 g/mol. The second-order valence-electron chi connectivity index (χ2n) is 4.93. The van der Waals surface area contributed by atoms with Gasteiger partial charge in [0.15, 0.2) is 11.5 Å². The Morgan fingerprint density at radius 2 is 2.18 bits per heavy atom. The zero-order valence-corrected chi connectivity index (χ0v) is 10.6. The lowest BCUT2D eigenvalue weighted by Gasteiger charge is -2.43. The fraction of sp³-hybridized carbons (Fsp3) is 0.538. The van der Waals surface area contributed by atoms with Gasteiger partial charge in [-0.05, 0) is 25.3 Å². The number of fused-ring (bicyclic) bond motifs is 1. The van der Waals surface area contributed by atoms with Crippen LogP contribution in [-0.2, 0) is 5.41 Å². The molecule has 2 aliphatic rings.